The molecule has 2 heteroatoms. The zero-order valence-electron chi connectivity index (χ0n) is 9.29. The quantitative estimate of drug-likeness (QED) is 0.735. The van der Waals surface area contributed by atoms with Crippen LogP contribution in [0.4, 0.5) is 0 Å². The molecule has 1 aromatic heterocycles. The predicted molar refractivity (Wildman–Crippen MR) is 59.2 cm³/mol. The maximum atomic E-state index is 10.6. The number of hydrogen-bond acceptors (Lipinski definition) is 2. The molecule has 1 heterocycles. The first-order chi connectivity index (χ1) is 6.79. The number of nitrogens with zero attached hydrogens (tertiary/aromatic N) is 1. The van der Waals surface area contributed by atoms with Crippen LogP contribution >= 0.6 is 0 Å². The van der Waals surface area contributed by atoms with Crippen LogP contribution in [0.1, 0.15) is 39.2 Å². The molecule has 0 N–H and O–H groups in total. The third kappa shape index (κ3) is 6.35. The van der Waals surface area contributed by atoms with Gasteiger partial charge in [-0.2, -0.15) is 0 Å². The lowest BCUT2D eigenvalue weighted by Crippen LogP contribution is -1.92. The average Bonchev–Trinajstić information content (AvgIpc) is 2.22. The van der Waals surface area contributed by atoms with Crippen LogP contribution in [-0.2, 0) is 11.2 Å². The first kappa shape index (κ1) is 12.8. The van der Waals surface area contributed by atoms with Crippen molar-refractivity contribution < 1.29 is 4.79 Å². The second-order valence-electron chi connectivity index (χ2n) is 2.92. The lowest BCUT2D eigenvalue weighted by Gasteiger charge is -1.97. The average molecular weight is 193 g/mol. The van der Waals surface area contributed by atoms with Crippen LogP contribution in [0.5, 0.6) is 0 Å². The summed E-state index contributed by atoms with van der Waals surface area (Å²) in [6.07, 6.45) is 6.16. The van der Waals surface area contributed by atoms with E-state index in [1.165, 1.54) is 5.56 Å². The Morgan fingerprint density at radius 2 is 2.14 bits per heavy atom. The normalized spacial score (nSPS) is 8.79. The molecule has 1 aromatic rings. The smallest absolute Gasteiger partial charge is 0.129 e. The largest absolute Gasteiger partial charge is 0.300 e. The van der Waals surface area contributed by atoms with E-state index in [4.69, 9.17) is 0 Å². The molecule has 1 rings (SSSR count). The molecule has 0 aromatic carbocycles. The van der Waals surface area contributed by atoms with Crippen molar-refractivity contribution in [3.05, 3.63) is 30.1 Å². The number of hydrogen-bond donors (Lipinski definition) is 0. The van der Waals surface area contributed by atoms with Crippen molar-refractivity contribution >= 4 is 5.78 Å². The Morgan fingerprint density at radius 3 is 2.64 bits per heavy atom. The number of carbonyl (C=O) groups excluding carboxylic acids is 1. The second-order valence-corrected chi connectivity index (χ2v) is 2.92. The van der Waals surface area contributed by atoms with E-state index in [2.05, 4.69) is 4.98 Å². The molecule has 0 aliphatic rings. The van der Waals surface area contributed by atoms with Gasteiger partial charge in [-0.15, -0.1) is 0 Å². The Morgan fingerprint density at radius 1 is 1.43 bits per heavy atom. The summed E-state index contributed by atoms with van der Waals surface area (Å²) in [5, 5.41) is 0. The van der Waals surface area contributed by atoms with Crippen molar-refractivity contribution in [1.82, 2.24) is 4.98 Å². The van der Waals surface area contributed by atoms with Crippen molar-refractivity contribution in [3.8, 4) is 0 Å². The molecular formula is C12H19NO. The van der Waals surface area contributed by atoms with Gasteiger partial charge in [0.25, 0.3) is 0 Å². The van der Waals surface area contributed by atoms with Gasteiger partial charge in [-0.05, 0) is 31.4 Å². The van der Waals surface area contributed by atoms with Crippen molar-refractivity contribution in [2.45, 2.75) is 40.0 Å². The molecule has 0 bridgehead atoms. The maximum Gasteiger partial charge on any atom is 0.129 e. The van der Waals surface area contributed by atoms with Crippen molar-refractivity contribution in [3.63, 3.8) is 0 Å². The van der Waals surface area contributed by atoms with Crippen LogP contribution in [0, 0.1) is 0 Å². The first-order valence-electron chi connectivity index (χ1n) is 5.17. The van der Waals surface area contributed by atoms with E-state index in [-0.39, 0.29) is 5.78 Å². The van der Waals surface area contributed by atoms with Crippen molar-refractivity contribution in [2.75, 3.05) is 0 Å². The first-order valence-corrected chi connectivity index (χ1v) is 5.17. The van der Waals surface area contributed by atoms with E-state index in [1.807, 2.05) is 32.2 Å². The van der Waals surface area contributed by atoms with Crippen LogP contribution in [0.25, 0.3) is 0 Å². The standard InChI is InChI=1S/C10H13NO.C2H6/c1-9(12)4-2-5-10-6-3-7-11-8-10;1-2/h3,6-8H,2,4-5H2,1H3;1-2H3. The molecule has 0 unspecified atom stereocenters. The van der Waals surface area contributed by atoms with E-state index < -0.39 is 0 Å². The number of Topliss-reactive ketones (excluding diaryl/α,β-unsaturated/α-hetero) is 1. The molecule has 0 radical (unpaired) electrons. The lowest BCUT2D eigenvalue weighted by molar-refractivity contribution is -0.117. The van der Waals surface area contributed by atoms with Gasteiger partial charge in [0.2, 0.25) is 0 Å². The Hall–Kier alpha value is -1.18. The Kier molecular flexibility index (Phi) is 7.71. The van der Waals surface area contributed by atoms with Gasteiger partial charge in [0.1, 0.15) is 5.78 Å². The summed E-state index contributed by atoms with van der Waals surface area (Å²) >= 11 is 0. The van der Waals surface area contributed by atoms with Gasteiger partial charge in [-0.3, -0.25) is 4.98 Å². The van der Waals surface area contributed by atoms with Crippen LogP contribution < -0.4 is 0 Å². The number of carbonyl (C=O) groups is 1. The monoisotopic (exact) mass is 193 g/mol. The molecule has 2 nitrogen and oxygen atoms in total. The highest BCUT2D eigenvalue weighted by molar-refractivity contribution is 5.75. The molecule has 0 aliphatic carbocycles. The highest BCUT2D eigenvalue weighted by Crippen LogP contribution is 2.02. The molecule has 78 valence electrons. The summed E-state index contributed by atoms with van der Waals surface area (Å²) < 4.78 is 0. The lowest BCUT2D eigenvalue weighted by atomic mass is 10.1. The Labute approximate surface area is 86.4 Å². The number of pyridine rings is 1. The number of rotatable bonds is 4. The van der Waals surface area contributed by atoms with Crippen LogP contribution in [0.2, 0.25) is 0 Å². The molecule has 0 atom stereocenters. The fraction of sp³-hybridized carbons (Fsp3) is 0.500. The van der Waals surface area contributed by atoms with Gasteiger partial charge < -0.3 is 4.79 Å². The maximum absolute atomic E-state index is 10.6. The van der Waals surface area contributed by atoms with Gasteiger partial charge in [0, 0.05) is 18.8 Å². The fourth-order valence-corrected chi connectivity index (χ4v) is 1.09. The Balaban J connectivity index is 0.000000791. The summed E-state index contributed by atoms with van der Waals surface area (Å²) in [6.45, 7) is 5.63. The van der Waals surface area contributed by atoms with E-state index >= 15 is 0 Å². The van der Waals surface area contributed by atoms with Gasteiger partial charge in [0.15, 0.2) is 0 Å². The highest BCUT2D eigenvalue weighted by Gasteiger charge is 1.94. The molecule has 0 amide bonds. The molecule has 0 aliphatic heterocycles. The SMILES string of the molecule is CC.CC(=O)CCCc1cccnc1. The zero-order chi connectivity index (χ0) is 10.8. The minimum absolute atomic E-state index is 0.263. The van der Waals surface area contributed by atoms with Crippen LogP contribution in [0.15, 0.2) is 24.5 Å². The number of aryl methyl sites for hydroxylation is 1. The van der Waals surface area contributed by atoms with E-state index in [0.717, 1.165) is 12.8 Å². The molecule has 0 fully saturated rings. The summed E-state index contributed by atoms with van der Waals surface area (Å²) in [4.78, 5) is 14.6. The number of aromatic nitrogens is 1. The zero-order valence-corrected chi connectivity index (χ0v) is 9.29. The Bertz CT molecular complexity index is 244. The molecule has 0 saturated carbocycles. The fourth-order valence-electron chi connectivity index (χ4n) is 1.09. The molecule has 0 spiro atoms. The summed E-state index contributed by atoms with van der Waals surface area (Å²) in [5.41, 5.74) is 1.21. The van der Waals surface area contributed by atoms with Crippen LogP contribution in [0.3, 0.4) is 0 Å². The highest BCUT2D eigenvalue weighted by atomic mass is 16.1. The van der Waals surface area contributed by atoms with Crippen LogP contribution in [-0.4, -0.2) is 10.8 Å². The van der Waals surface area contributed by atoms with Gasteiger partial charge >= 0.3 is 0 Å². The third-order valence-electron chi connectivity index (χ3n) is 1.72. The molecular weight excluding hydrogens is 174 g/mol. The summed E-state index contributed by atoms with van der Waals surface area (Å²) in [6, 6.07) is 3.95. The van der Waals surface area contributed by atoms with Gasteiger partial charge in [-0.25, -0.2) is 0 Å². The predicted octanol–water partition coefficient (Wildman–Crippen LogP) is 3.02. The minimum Gasteiger partial charge on any atom is -0.300 e. The summed E-state index contributed by atoms with van der Waals surface area (Å²) in [5.74, 6) is 0.263. The van der Waals surface area contributed by atoms with Gasteiger partial charge in [0.05, 0.1) is 0 Å². The second kappa shape index (κ2) is 8.42. The van der Waals surface area contributed by atoms with Gasteiger partial charge in [-0.1, -0.05) is 19.9 Å². The summed E-state index contributed by atoms with van der Waals surface area (Å²) in [7, 11) is 0. The number of ketones is 1. The van der Waals surface area contributed by atoms with E-state index in [9.17, 15) is 4.79 Å². The molecule has 14 heavy (non-hydrogen) atoms. The van der Waals surface area contributed by atoms with E-state index in [1.54, 1.807) is 13.1 Å². The topological polar surface area (TPSA) is 30.0 Å². The third-order valence-corrected chi connectivity index (χ3v) is 1.72. The van der Waals surface area contributed by atoms with Crippen molar-refractivity contribution in [1.29, 1.82) is 0 Å². The van der Waals surface area contributed by atoms with E-state index in [0.29, 0.717) is 6.42 Å². The van der Waals surface area contributed by atoms with Crippen molar-refractivity contribution in [2.24, 2.45) is 0 Å². The molecule has 0 saturated heterocycles. The minimum atomic E-state index is 0.263.